The fourth-order valence-corrected chi connectivity index (χ4v) is 2.64. The molecule has 2 heterocycles. The van der Waals surface area contributed by atoms with Crippen molar-refractivity contribution in [3.05, 3.63) is 24.3 Å². The summed E-state index contributed by atoms with van der Waals surface area (Å²) in [5, 5.41) is 8.23. The standard InChI is InChI=1S/C16H24N6O3/c1-11(17-2)15(24)21-10-14(23)22-7-3-4-12(22)8-20-16(25)13-9-18-5-6-19-13/h5-6,9,11-12,17H,3-4,7-8,10H2,1-2H3,(H,20,25)(H,21,24)/t11-,12-/m0/s1. The largest absolute Gasteiger partial charge is 0.349 e. The molecule has 1 saturated heterocycles. The third-order valence-corrected chi connectivity index (χ3v) is 4.23. The van der Waals surface area contributed by atoms with E-state index in [2.05, 4.69) is 25.9 Å². The summed E-state index contributed by atoms with van der Waals surface area (Å²) in [5.41, 5.74) is 0.242. The van der Waals surface area contributed by atoms with Gasteiger partial charge in [-0.2, -0.15) is 0 Å². The summed E-state index contributed by atoms with van der Waals surface area (Å²) < 4.78 is 0. The number of nitrogens with one attached hydrogen (secondary N) is 3. The van der Waals surface area contributed by atoms with E-state index in [1.165, 1.54) is 18.6 Å². The first-order valence-electron chi connectivity index (χ1n) is 8.31. The Morgan fingerprint density at radius 3 is 2.80 bits per heavy atom. The normalized spacial score (nSPS) is 17.8. The van der Waals surface area contributed by atoms with Crippen LogP contribution < -0.4 is 16.0 Å². The second-order valence-corrected chi connectivity index (χ2v) is 5.91. The average molecular weight is 348 g/mol. The second-order valence-electron chi connectivity index (χ2n) is 5.91. The van der Waals surface area contributed by atoms with Crippen LogP contribution in [0.25, 0.3) is 0 Å². The summed E-state index contributed by atoms with van der Waals surface area (Å²) in [4.78, 5) is 45.6. The average Bonchev–Trinajstić information content (AvgIpc) is 3.12. The predicted octanol–water partition coefficient (Wildman–Crippen LogP) is -1.08. The fraction of sp³-hybridized carbons (Fsp3) is 0.562. The van der Waals surface area contributed by atoms with Gasteiger partial charge in [0.25, 0.3) is 5.91 Å². The van der Waals surface area contributed by atoms with Gasteiger partial charge in [-0.25, -0.2) is 4.98 Å². The molecular formula is C16H24N6O3. The highest BCUT2D eigenvalue weighted by atomic mass is 16.2. The maximum Gasteiger partial charge on any atom is 0.271 e. The van der Waals surface area contributed by atoms with Crippen LogP contribution in [0.1, 0.15) is 30.3 Å². The summed E-state index contributed by atoms with van der Waals surface area (Å²) in [6, 6.07) is -0.430. The molecule has 0 aliphatic carbocycles. The number of likely N-dealkylation sites (tertiary alicyclic amines) is 1. The first kappa shape index (κ1) is 18.8. The Hall–Kier alpha value is -2.55. The highest BCUT2D eigenvalue weighted by Crippen LogP contribution is 2.16. The van der Waals surface area contributed by atoms with Crippen molar-refractivity contribution in [2.24, 2.45) is 0 Å². The van der Waals surface area contributed by atoms with Crippen molar-refractivity contribution in [2.75, 3.05) is 26.7 Å². The maximum atomic E-state index is 12.3. The zero-order valence-electron chi connectivity index (χ0n) is 14.5. The van der Waals surface area contributed by atoms with Crippen molar-refractivity contribution in [3.63, 3.8) is 0 Å². The topological polar surface area (TPSA) is 116 Å². The molecule has 1 fully saturated rings. The molecule has 2 atom stereocenters. The molecule has 1 aliphatic rings. The predicted molar refractivity (Wildman–Crippen MR) is 90.6 cm³/mol. The van der Waals surface area contributed by atoms with E-state index in [1.807, 2.05) is 0 Å². The van der Waals surface area contributed by atoms with Crippen LogP contribution in [0.3, 0.4) is 0 Å². The van der Waals surface area contributed by atoms with Gasteiger partial charge in [0.05, 0.1) is 18.8 Å². The smallest absolute Gasteiger partial charge is 0.271 e. The van der Waals surface area contributed by atoms with Gasteiger partial charge in [0.2, 0.25) is 11.8 Å². The number of hydrogen-bond acceptors (Lipinski definition) is 6. The van der Waals surface area contributed by atoms with Gasteiger partial charge in [-0.1, -0.05) is 0 Å². The zero-order chi connectivity index (χ0) is 18.2. The first-order chi connectivity index (χ1) is 12.0. The minimum atomic E-state index is -0.353. The quantitative estimate of drug-likeness (QED) is 0.577. The molecule has 3 amide bonds. The third kappa shape index (κ3) is 5.21. The number of aromatic nitrogens is 2. The van der Waals surface area contributed by atoms with Crippen LogP contribution in [0.15, 0.2) is 18.6 Å². The van der Waals surface area contributed by atoms with Gasteiger partial charge >= 0.3 is 0 Å². The van der Waals surface area contributed by atoms with E-state index in [0.717, 1.165) is 12.8 Å². The third-order valence-electron chi connectivity index (χ3n) is 4.23. The molecule has 2 rings (SSSR count). The molecule has 1 aromatic heterocycles. The zero-order valence-corrected chi connectivity index (χ0v) is 14.5. The highest BCUT2D eigenvalue weighted by Gasteiger charge is 2.29. The molecule has 0 spiro atoms. The van der Waals surface area contributed by atoms with Crippen molar-refractivity contribution in [1.29, 1.82) is 0 Å². The molecule has 0 saturated carbocycles. The summed E-state index contributed by atoms with van der Waals surface area (Å²) in [5.74, 6) is -0.681. The van der Waals surface area contributed by atoms with E-state index in [0.29, 0.717) is 13.1 Å². The molecule has 0 bridgehead atoms. The molecule has 136 valence electrons. The molecule has 0 radical (unpaired) electrons. The van der Waals surface area contributed by atoms with Crippen LogP contribution >= 0.6 is 0 Å². The second kappa shape index (κ2) is 9.07. The Kier molecular flexibility index (Phi) is 6.81. The minimum absolute atomic E-state index is 0.0422. The summed E-state index contributed by atoms with van der Waals surface area (Å²) in [6.07, 6.45) is 6.03. The number of likely N-dealkylation sites (N-methyl/N-ethyl adjacent to an activating group) is 1. The molecule has 0 unspecified atom stereocenters. The van der Waals surface area contributed by atoms with Crippen LogP contribution in [0.4, 0.5) is 0 Å². The van der Waals surface area contributed by atoms with Gasteiger partial charge in [0, 0.05) is 31.5 Å². The van der Waals surface area contributed by atoms with Crippen molar-refractivity contribution in [1.82, 2.24) is 30.8 Å². The fourth-order valence-electron chi connectivity index (χ4n) is 2.64. The van der Waals surface area contributed by atoms with E-state index in [-0.39, 0.29) is 42.0 Å². The Bertz CT molecular complexity index is 609. The molecular weight excluding hydrogens is 324 g/mol. The lowest BCUT2D eigenvalue weighted by Gasteiger charge is -2.25. The monoisotopic (exact) mass is 348 g/mol. The Morgan fingerprint density at radius 1 is 1.32 bits per heavy atom. The lowest BCUT2D eigenvalue weighted by atomic mass is 10.2. The van der Waals surface area contributed by atoms with Crippen LogP contribution in [0.2, 0.25) is 0 Å². The van der Waals surface area contributed by atoms with Crippen molar-refractivity contribution < 1.29 is 14.4 Å². The van der Waals surface area contributed by atoms with Gasteiger partial charge in [-0.05, 0) is 26.8 Å². The summed E-state index contributed by atoms with van der Waals surface area (Å²) in [7, 11) is 1.68. The molecule has 3 N–H and O–H groups in total. The first-order valence-corrected chi connectivity index (χ1v) is 8.31. The van der Waals surface area contributed by atoms with Gasteiger partial charge in [-0.15, -0.1) is 0 Å². The van der Waals surface area contributed by atoms with Crippen LogP contribution in [0.5, 0.6) is 0 Å². The van der Waals surface area contributed by atoms with E-state index in [9.17, 15) is 14.4 Å². The van der Waals surface area contributed by atoms with Gasteiger partial charge in [0.15, 0.2) is 0 Å². The number of amides is 3. The molecule has 25 heavy (non-hydrogen) atoms. The Labute approximate surface area is 146 Å². The molecule has 0 aromatic carbocycles. The van der Waals surface area contributed by atoms with E-state index < -0.39 is 0 Å². The van der Waals surface area contributed by atoms with Crippen molar-refractivity contribution in [3.8, 4) is 0 Å². The number of rotatable bonds is 7. The summed E-state index contributed by atoms with van der Waals surface area (Å²) >= 11 is 0. The van der Waals surface area contributed by atoms with Crippen molar-refractivity contribution >= 4 is 17.7 Å². The van der Waals surface area contributed by atoms with Gasteiger partial charge in [0.1, 0.15) is 5.69 Å². The minimum Gasteiger partial charge on any atom is -0.349 e. The number of carbonyl (C=O) groups excluding carboxylic acids is 3. The van der Waals surface area contributed by atoms with Gasteiger partial charge in [-0.3, -0.25) is 19.4 Å². The Balaban J connectivity index is 1.82. The number of hydrogen-bond donors (Lipinski definition) is 3. The SMILES string of the molecule is CN[C@@H](C)C(=O)NCC(=O)N1CCC[C@H]1CNC(=O)c1cnccn1. The molecule has 9 nitrogen and oxygen atoms in total. The molecule has 1 aliphatic heterocycles. The van der Waals surface area contributed by atoms with Crippen molar-refractivity contribution in [2.45, 2.75) is 31.8 Å². The molecule has 1 aromatic rings. The maximum absolute atomic E-state index is 12.3. The lowest BCUT2D eigenvalue weighted by Crippen LogP contribution is -2.49. The van der Waals surface area contributed by atoms with Crippen LogP contribution in [-0.4, -0.2) is 71.4 Å². The Morgan fingerprint density at radius 2 is 2.12 bits per heavy atom. The number of nitrogens with zero attached hydrogens (tertiary/aromatic N) is 3. The van der Waals surface area contributed by atoms with E-state index >= 15 is 0 Å². The highest BCUT2D eigenvalue weighted by molar-refractivity contribution is 5.92. The van der Waals surface area contributed by atoms with Crippen LogP contribution in [0, 0.1) is 0 Å². The van der Waals surface area contributed by atoms with Gasteiger partial charge < -0.3 is 20.9 Å². The van der Waals surface area contributed by atoms with Crippen LogP contribution in [-0.2, 0) is 9.59 Å². The lowest BCUT2D eigenvalue weighted by molar-refractivity contribution is -0.133. The number of carbonyl (C=O) groups is 3. The summed E-state index contributed by atoms with van der Waals surface area (Å²) in [6.45, 7) is 2.66. The van der Waals surface area contributed by atoms with E-state index in [1.54, 1.807) is 18.9 Å². The molecule has 9 heteroatoms. The van der Waals surface area contributed by atoms with E-state index in [4.69, 9.17) is 0 Å².